The van der Waals surface area contributed by atoms with E-state index in [1.165, 1.54) is 13.2 Å². The van der Waals surface area contributed by atoms with Gasteiger partial charge >= 0.3 is 0 Å². The van der Waals surface area contributed by atoms with Crippen molar-refractivity contribution in [3.8, 4) is 5.75 Å². The van der Waals surface area contributed by atoms with E-state index in [1.54, 1.807) is 18.2 Å². The van der Waals surface area contributed by atoms with Crippen LogP contribution in [0.25, 0.3) is 0 Å². The summed E-state index contributed by atoms with van der Waals surface area (Å²) >= 11 is 3.28. The number of hydrogen-bond acceptors (Lipinski definition) is 4. The highest BCUT2D eigenvalue weighted by Gasteiger charge is 2.24. The van der Waals surface area contributed by atoms with Crippen LogP contribution < -0.4 is 10.1 Å². The van der Waals surface area contributed by atoms with Crippen molar-refractivity contribution in [2.45, 2.75) is 6.04 Å². The highest BCUT2D eigenvalue weighted by atomic mass is 79.9. The third-order valence-electron chi connectivity index (χ3n) is 2.66. The minimum absolute atomic E-state index is 0.0969. The Kier molecular flexibility index (Phi) is 3.96. The summed E-state index contributed by atoms with van der Waals surface area (Å²) in [6, 6.07) is 4.53. The van der Waals surface area contributed by atoms with Crippen LogP contribution in [0, 0.1) is 0 Å². The molecule has 5 nitrogen and oxygen atoms in total. The third kappa shape index (κ3) is 3.36. The summed E-state index contributed by atoms with van der Waals surface area (Å²) in [5, 5.41) is 3.78. The molecule has 0 aliphatic carbocycles. The van der Waals surface area contributed by atoms with E-state index in [2.05, 4.69) is 21.2 Å². The monoisotopic (exact) mass is 345 g/mol. The molecule has 19 heavy (non-hydrogen) atoms. The van der Waals surface area contributed by atoms with E-state index in [1.807, 2.05) is 0 Å². The normalized spacial score (nSPS) is 20.2. The largest absolute Gasteiger partial charge is 0.497 e. The second-order valence-corrected chi connectivity index (χ2v) is 6.87. The van der Waals surface area contributed by atoms with Crippen molar-refractivity contribution >= 4 is 31.7 Å². The fourth-order valence-corrected chi connectivity index (χ4v) is 3.38. The van der Waals surface area contributed by atoms with Crippen LogP contribution in [-0.2, 0) is 9.84 Å². The molecule has 2 rings (SSSR count). The molecule has 1 aromatic rings. The summed E-state index contributed by atoms with van der Waals surface area (Å²) < 4.78 is 28.2. The first-order valence-electron chi connectivity index (χ1n) is 5.46. The number of sulfone groups is 1. The maximum atomic E-state index is 12.1. The number of hydrogen-bond donors (Lipinski definition) is 1. The van der Waals surface area contributed by atoms with Crippen molar-refractivity contribution in [1.82, 2.24) is 5.32 Å². The molecule has 0 saturated carbocycles. The quantitative estimate of drug-likeness (QED) is 0.900. The lowest BCUT2D eigenvalue weighted by atomic mass is 10.2. The zero-order valence-electron chi connectivity index (χ0n) is 10.1. The number of amides is 1. The Morgan fingerprint density at radius 2 is 2.21 bits per heavy atom. The third-order valence-corrected chi connectivity index (χ3v) is 4.75. The highest BCUT2D eigenvalue weighted by Crippen LogP contribution is 2.22. The molecular weight excluding hydrogens is 334 g/mol. The molecular formula is C12H12BrNO4S. The summed E-state index contributed by atoms with van der Waals surface area (Å²) in [5.74, 6) is 0.112. The average Bonchev–Trinajstić information content (AvgIpc) is 2.69. The summed E-state index contributed by atoms with van der Waals surface area (Å²) in [5.41, 5.74) is 0.400. The molecule has 0 radical (unpaired) electrons. The van der Waals surface area contributed by atoms with Crippen molar-refractivity contribution in [2.75, 3.05) is 12.9 Å². The molecule has 0 aromatic heterocycles. The van der Waals surface area contributed by atoms with Gasteiger partial charge in [0, 0.05) is 9.88 Å². The van der Waals surface area contributed by atoms with Gasteiger partial charge in [0.2, 0.25) is 0 Å². The topological polar surface area (TPSA) is 72.5 Å². The van der Waals surface area contributed by atoms with Crippen LogP contribution in [0.4, 0.5) is 0 Å². The molecule has 7 heteroatoms. The maximum Gasteiger partial charge on any atom is 0.253 e. The molecule has 0 saturated heterocycles. The number of nitrogens with one attached hydrogen (secondary N) is 1. The van der Waals surface area contributed by atoms with Crippen LogP contribution >= 0.6 is 15.9 Å². The summed E-state index contributed by atoms with van der Waals surface area (Å²) in [7, 11) is -1.67. The maximum absolute atomic E-state index is 12.1. The Morgan fingerprint density at radius 3 is 2.79 bits per heavy atom. The van der Waals surface area contributed by atoms with E-state index in [4.69, 9.17) is 4.74 Å². The highest BCUT2D eigenvalue weighted by molar-refractivity contribution is 9.10. The number of benzene rings is 1. The van der Waals surface area contributed by atoms with Gasteiger partial charge in [0.05, 0.1) is 24.5 Å². The fourth-order valence-electron chi connectivity index (χ4n) is 1.72. The van der Waals surface area contributed by atoms with Gasteiger partial charge < -0.3 is 10.1 Å². The van der Waals surface area contributed by atoms with Gasteiger partial charge in [0.25, 0.3) is 5.91 Å². The molecule has 0 bridgehead atoms. The predicted molar refractivity (Wildman–Crippen MR) is 74.9 cm³/mol. The van der Waals surface area contributed by atoms with Crippen LogP contribution in [0.15, 0.2) is 34.2 Å². The van der Waals surface area contributed by atoms with E-state index in [9.17, 15) is 13.2 Å². The lowest BCUT2D eigenvalue weighted by molar-refractivity contribution is 0.0946. The van der Waals surface area contributed by atoms with Gasteiger partial charge in [-0.25, -0.2) is 8.42 Å². The van der Waals surface area contributed by atoms with Crippen LogP contribution in [0.3, 0.4) is 0 Å². The molecule has 1 N–H and O–H groups in total. The summed E-state index contributed by atoms with van der Waals surface area (Å²) in [6.07, 6.45) is 1.47. The van der Waals surface area contributed by atoms with Gasteiger partial charge in [0.1, 0.15) is 5.75 Å². The first kappa shape index (κ1) is 14.1. The Labute approximate surface area is 119 Å². The van der Waals surface area contributed by atoms with Gasteiger partial charge in [0.15, 0.2) is 9.84 Å². The number of halogens is 1. The second-order valence-electron chi connectivity index (χ2n) is 4.08. The van der Waals surface area contributed by atoms with E-state index in [0.29, 0.717) is 15.8 Å². The van der Waals surface area contributed by atoms with Gasteiger partial charge in [-0.05, 0) is 40.2 Å². The molecule has 1 unspecified atom stereocenters. The number of carbonyl (C=O) groups is 1. The summed E-state index contributed by atoms with van der Waals surface area (Å²) in [4.78, 5) is 12.1. The molecule has 1 amide bonds. The van der Waals surface area contributed by atoms with Crippen molar-refractivity contribution < 1.29 is 17.9 Å². The van der Waals surface area contributed by atoms with Crippen molar-refractivity contribution in [2.24, 2.45) is 0 Å². The zero-order valence-corrected chi connectivity index (χ0v) is 12.5. The van der Waals surface area contributed by atoms with Crippen LogP contribution in [0.1, 0.15) is 10.4 Å². The minimum Gasteiger partial charge on any atom is -0.497 e. The van der Waals surface area contributed by atoms with E-state index in [0.717, 1.165) is 5.41 Å². The summed E-state index contributed by atoms with van der Waals surface area (Å²) in [6.45, 7) is 0. The molecule has 102 valence electrons. The average molecular weight is 346 g/mol. The Bertz CT molecular complexity index is 639. The van der Waals surface area contributed by atoms with E-state index >= 15 is 0 Å². The second kappa shape index (κ2) is 5.34. The first-order valence-corrected chi connectivity index (χ1v) is 7.97. The number of ether oxygens (including phenoxy) is 1. The molecule has 0 fully saturated rings. The van der Waals surface area contributed by atoms with Gasteiger partial charge in [-0.3, -0.25) is 4.79 Å². The lowest BCUT2D eigenvalue weighted by Crippen LogP contribution is -2.35. The van der Waals surface area contributed by atoms with Gasteiger partial charge in [-0.15, -0.1) is 0 Å². The van der Waals surface area contributed by atoms with E-state index < -0.39 is 15.9 Å². The van der Waals surface area contributed by atoms with Crippen molar-refractivity contribution in [3.05, 3.63) is 39.7 Å². The minimum atomic E-state index is -3.18. The first-order chi connectivity index (χ1) is 8.91. The Hall–Kier alpha value is -1.34. The predicted octanol–water partition coefficient (Wildman–Crippen LogP) is 1.50. The molecule has 1 heterocycles. The molecule has 1 atom stereocenters. The number of methoxy groups -OCH3 is 1. The number of rotatable bonds is 3. The fraction of sp³-hybridized carbons (Fsp3) is 0.250. The SMILES string of the molecule is COc1ccc(Br)c(C(=O)NC2C=CS(=O)(=O)C2)c1. The van der Waals surface area contributed by atoms with Gasteiger partial charge in [-0.1, -0.05) is 0 Å². The standard InChI is InChI=1S/C12H12BrNO4S/c1-18-9-2-3-11(13)10(6-9)12(15)14-8-4-5-19(16,17)7-8/h2-6,8H,7H2,1H3,(H,14,15). The lowest BCUT2D eigenvalue weighted by Gasteiger charge is -2.12. The van der Waals surface area contributed by atoms with Crippen molar-refractivity contribution in [3.63, 3.8) is 0 Å². The van der Waals surface area contributed by atoms with E-state index in [-0.39, 0.29) is 11.7 Å². The van der Waals surface area contributed by atoms with Crippen LogP contribution in [0.2, 0.25) is 0 Å². The van der Waals surface area contributed by atoms with Crippen molar-refractivity contribution in [1.29, 1.82) is 0 Å². The van der Waals surface area contributed by atoms with Crippen LogP contribution in [-0.4, -0.2) is 33.2 Å². The molecule has 1 aromatic carbocycles. The molecule has 1 aliphatic heterocycles. The number of carbonyl (C=O) groups excluding carboxylic acids is 1. The smallest absolute Gasteiger partial charge is 0.253 e. The van der Waals surface area contributed by atoms with Crippen LogP contribution in [0.5, 0.6) is 5.75 Å². The Balaban J connectivity index is 2.15. The molecule has 0 spiro atoms. The Morgan fingerprint density at radius 1 is 1.47 bits per heavy atom. The molecule has 1 aliphatic rings. The van der Waals surface area contributed by atoms with Gasteiger partial charge in [-0.2, -0.15) is 0 Å². The zero-order chi connectivity index (χ0) is 14.0.